The van der Waals surface area contributed by atoms with Crippen LogP contribution in [-0.2, 0) is 4.79 Å². The number of nitrogens with zero attached hydrogens (tertiary/aromatic N) is 2. The molecule has 2 heterocycles. The number of amides is 2. The van der Waals surface area contributed by atoms with Crippen LogP contribution in [0.1, 0.15) is 35.2 Å². The molecule has 0 bridgehead atoms. The molecule has 0 aromatic heterocycles. The van der Waals surface area contributed by atoms with Gasteiger partial charge in [-0.05, 0) is 31.4 Å². The van der Waals surface area contributed by atoms with E-state index in [1.807, 2.05) is 52.8 Å². The smallest absolute Gasteiger partial charge is 0.255 e. The van der Waals surface area contributed by atoms with Crippen LogP contribution in [0.2, 0.25) is 0 Å². The summed E-state index contributed by atoms with van der Waals surface area (Å²) in [5, 5.41) is 0. The molecule has 0 atom stereocenters. The number of aryl methyl sites for hydroxylation is 1. The van der Waals surface area contributed by atoms with Crippen LogP contribution < -0.4 is 0 Å². The summed E-state index contributed by atoms with van der Waals surface area (Å²) in [6.07, 6.45) is 2.07. The average molecular weight is 367 g/mol. The lowest BCUT2D eigenvalue weighted by molar-refractivity contribution is -0.132. The fraction of sp³-hybridized carbons (Fsp3) is 0.556. The Morgan fingerprint density at radius 1 is 1.21 bits per heavy atom. The Kier molecular flexibility index (Phi) is 5.40. The number of carbonyl (C=O) groups excluding carboxylic acids is 2. The summed E-state index contributed by atoms with van der Waals surface area (Å²) in [4.78, 5) is 28.9. The molecule has 3 rings (SSSR count). The van der Waals surface area contributed by atoms with Crippen molar-refractivity contribution >= 4 is 35.2 Å². The molecule has 2 fully saturated rings. The van der Waals surface area contributed by atoms with Crippen LogP contribution in [0.15, 0.2) is 24.3 Å². The quantitative estimate of drug-likeness (QED) is 0.772. The predicted octanol–water partition coefficient (Wildman–Crippen LogP) is 3.13. The number of halogens is 1. The molecule has 2 amide bonds. The second kappa shape index (κ2) is 7.36. The summed E-state index contributed by atoms with van der Waals surface area (Å²) in [5.41, 5.74) is 1.81. The van der Waals surface area contributed by atoms with Gasteiger partial charge in [0.2, 0.25) is 5.91 Å². The van der Waals surface area contributed by atoms with Crippen molar-refractivity contribution in [3.05, 3.63) is 35.4 Å². The monoisotopic (exact) mass is 366 g/mol. The Balaban J connectivity index is 1.73. The van der Waals surface area contributed by atoms with E-state index in [4.69, 9.17) is 11.6 Å². The van der Waals surface area contributed by atoms with Gasteiger partial charge in [0.1, 0.15) is 0 Å². The number of hydrogen-bond donors (Lipinski definition) is 0. The van der Waals surface area contributed by atoms with Crippen LogP contribution in [0.25, 0.3) is 0 Å². The molecule has 2 aliphatic heterocycles. The molecule has 2 aliphatic rings. The van der Waals surface area contributed by atoms with Crippen LogP contribution in [0, 0.1) is 6.92 Å². The molecule has 0 saturated carbocycles. The van der Waals surface area contributed by atoms with Crippen molar-refractivity contribution in [2.75, 3.05) is 31.3 Å². The Bertz CT molecular complexity index is 629. The fourth-order valence-corrected chi connectivity index (χ4v) is 5.23. The third kappa shape index (κ3) is 3.29. The lowest BCUT2D eigenvalue weighted by atomic mass is 9.99. The van der Waals surface area contributed by atoms with Crippen LogP contribution in [0.3, 0.4) is 0 Å². The molecule has 1 aromatic carbocycles. The number of piperidine rings is 1. The summed E-state index contributed by atoms with van der Waals surface area (Å²) < 4.78 is 0. The Morgan fingerprint density at radius 3 is 2.58 bits per heavy atom. The van der Waals surface area contributed by atoms with E-state index in [-0.39, 0.29) is 16.7 Å². The first-order chi connectivity index (χ1) is 11.6. The molecule has 1 aromatic rings. The lowest BCUT2D eigenvalue weighted by Gasteiger charge is -2.44. The third-order valence-corrected chi connectivity index (χ3v) is 6.75. The van der Waals surface area contributed by atoms with Gasteiger partial charge in [-0.2, -0.15) is 0 Å². The largest absolute Gasteiger partial charge is 0.342 e. The van der Waals surface area contributed by atoms with Gasteiger partial charge >= 0.3 is 0 Å². The van der Waals surface area contributed by atoms with E-state index in [1.165, 1.54) is 0 Å². The van der Waals surface area contributed by atoms with Gasteiger partial charge in [-0.15, -0.1) is 23.4 Å². The lowest BCUT2D eigenvalue weighted by Crippen LogP contribution is -2.53. The molecule has 2 saturated heterocycles. The SMILES string of the molecule is Cc1ccccc1C(=O)N1CCSC12CCN(C(=O)CCCl)CC2. The van der Waals surface area contributed by atoms with Gasteiger partial charge in [0, 0.05) is 43.3 Å². The topological polar surface area (TPSA) is 40.6 Å². The molecule has 0 aliphatic carbocycles. The minimum atomic E-state index is -0.156. The highest BCUT2D eigenvalue weighted by molar-refractivity contribution is 8.00. The second-order valence-corrected chi connectivity index (χ2v) is 8.22. The number of thioether (sulfide) groups is 1. The maximum atomic E-state index is 13.1. The van der Waals surface area contributed by atoms with Crippen molar-refractivity contribution in [1.82, 2.24) is 9.80 Å². The third-order valence-electron chi connectivity index (χ3n) is 5.00. The van der Waals surface area contributed by atoms with E-state index in [1.54, 1.807) is 0 Å². The molecule has 1 spiro atoms. The number of likely N-dealkylation sites (tertiary alicyclic amines) is 1. The number of benzene rings is 1. The van der Waals surface area contributed by atoms with Crippen molar-refractivity contribution in [2.45, 2.75) is 31.1 Å². The van der Waals surface area contributed by atoms with Gasteiger partial charge in [0.25, 0.3) is 5.91 Å². The van der Waals surface area contributed by atoms with Crippen LogP contribution >= 0.6 is 23.4 Å². The first kappa shape index (κ1) is 17.6. The molecule has 24 heavy (non-hydrogen) atoms. The maximum Gasteiger partial charge on any atom is 0.255 e. The summed E-state index contributed by atoms with van der Waals surface area (Å²) in [5.74, 6) is 1.58. The van der Waals surface area contributed by atoms with Gasteiger partial charge in [0.05, 0.1) is 4.87 Å². The number of alkyl halides is 1. The van der Waals surface area contributed by atoms with Crippen LogP contribution in [0.4, 0.5) is 0 Å². The van der Waals surface area contributed by atoms with Gasteiger partial charge in [-0.1, -0.05) is 18.2 Å². The number of hydrogen-bond acceptors (Lipinski definition) is 3. The van der Waals surface area contributed by atoms with Crippen LogP contribution in [-0.4, -0.2) is 57.8 Å². The number of rotatable bonds is 3. The first-order valence-corrected chi connectivity index (χ1v) is 9.95. The first-order valence-electron chi connectivity index (χ1n) is 8.43. The zero-order chi connectivity index (χ0) is 17.2. The molecule has 0 N–H and O–H groups in total. The molecular formula is C18H23ClN2O2S. The van der Waals surface area contributed by atoms with Crippen molar-refractivity contribution in [3.8, 4) is 0 Å². The summed E-state index contributed by atoms with van der Waals surface area (Å²) >= 11 is 7.55. The van der Waals surface area contributed by atoms with Gasteiger partial charge in [-0.3, -0.25) is 9.59 Å². The standard InChI is InChI=1S/C18H23ClN2O2S/c1-14-4-2-3-5-15(14)17(23)21-12-13-24-18(21)7-10-20(11-8-18)16(22)6-9-19/h2-5H,6-13H2,1H3. The van der Waals surface area contributed by atoms with E-state index in [0.29, 0.717) is 25.4 Å². The molecule has 0 unspecified atom stereocenters. The molecule has 0 radical (unpaired) electrons. The van der Waals surface area contributed by atoms with E-state index in [0.717, 1.165) is 36.3 Å². The van der Waals surface area contributed by atoms with Gasteiger partial charge < -0.3 is 9.80 Å². The summed E-state index contributed by atoms with van der Waals surface area (Å²) in [6, 6.07) is 7.77. The van der Waals surface area contributed by atoms with Gasteiger partial charge in [0.15, 0.2) is 0 Å². The molecule has 4 nitrogen and oxygen atoms in total. The van der Waals surface area contributed by atoms with Crippen molar-refractivity contribution in [3.63, 3.8) is 0 Å². The fourth-order valence-electron chi connectivity index (χ4n) is 3.61. The predicted molar refractivity (Wildman–Crippen MR) is 98.6 cm³/mol. The van der Waals surface area contributed by atoms with E-state index in [2.05, 4.69) is 0 Å². The minimum Gasteiger partial charge on any atom is -0.342 e. The Hall–Kier alpha value is -1.20. The highest BCUT2D eigenvalue weighted by Crippen LogP contribution is 2.44. The molecular weight excluding hydrogens is 344 g/mol. The normalized spacial score (nSPS) is 19.8. The second-order valence-electron chi connectivity index (χ2n) is 6.39. The van der Waals surface area contributed by atoms with E-state index in [9.17, 15) is 9.59 Å². The Morgan fingerprint density at radius 2 is 1.92 bits per heavy atom. The van der Waals surface area contributed by atoms with Gasteiger partial charge in [-0.25, -0.2) is 0 Å². The van der Waals surface area contributed by atoms with Crippen LogP contribution in [0.5, 0.6) is 0 Å². The van der Waals surface area contributed by atoms with Crippen molar-refractivity contribution < 1.29 is 9.59 Å². The number of carbonyl (C=O) groups is 2. The zero-order valence-electron chi connectivity index (χ0n) is 14.0. The summed E-state index contributed by atoms with van der Waals surface area (Å²) in [6.45, 7) is 4.19. The van der Waals surface area contributed by atoms with Crippen molar-refractivity contribution in [2.24, 2.45) is 0 Å². The highest BCUT2D eigenvalue weighted by Gasteiger charge is 2.47. The Labute approximate surface area is 152 Å². The average Bonchev–Trinajstić information content (AvgIpc) is 2.98. The summed E-state index contributed by atoms with van der Waals surface area (Å²) in [7, 11) is 0. The van der Waals surface area contributed by atoms with E-state index >= 15 is 0 Å². The molecule has 6 heteroatoms. The van der Waals surface area contributed by atoms with E-state index < -0.39 is 0 Å². The van der Waals surface area contributed by atoms with Crippen molar-refractivity contribution in [1.29, 1.82) is 0 Å². The molecule has 130 valence electrons. The minimum absolute atomic E-state index is 0.124. The highest BCUT2D eigenvalue weighted by atomic mass is 35.5. The maximum absolute atomic E-state index is 13.1. The zero-order valence-corrected chi connectivity index (χ0v) is 15.5.